The zero-order valence-electron chi connectivity index (χ0n) is 16.0. The van der Waals surface area contributed by atoms with Gasteiger partial charge in [-0.25, -0.2) is 0 Å². The topological polar surface area (TPSA) is 35.8 Å². The molecule has 0 bridgehead atoms. The van der Waals surface area contributed by atoms with Gasteiger partial charge in [-0.15, -0.1) is 11.3 Å². The maximum absolute atomic E-state index is 5.76. The van der Waals surface area contributed by atoms with Crippen LogP contribution >= 0.6 is 27.3 Å². The summed E-state index contributed by atoms with van der Waals surface area (Å²) in [4.78, 5) is 5.88. The highest BCUT2D eigenvalue weighted by atomic mass is 79.9. The molecule has 1 aliphatic heterocycles. The summed E-state index contributed by atoms with van der Waals surface area (Å²) in [7, 11) is 1.71. The summed E-state index contributed by atoms with van der Waals surface area (Å²) in [5.41, 5.74) is 4.43. The van der Waals surface area contributed by atoms with Crippen molar-refractivity contribution in [3.8, 4) is 22.7 Å². The predicted molar refractivity (Wildman–Crippen MR) is 117 cm³/mol. The van der Waals surface area contributed by atoms with E-state index in [4.69, 9.17) is 14.5 Å². The quantitative estimate of drug-likeness (QED) is 0.515. The van der Waals surface area contributed by atoms with Crippen molar-refractivity contribution in [3.63, 3.8) is 0 Å². The molecule has 2 heterocycles. The van der Waals surface area contributed by atoms with E-state index < -0.39 is 0 Å². The van der Waals surface area contributed by atoms with Crippen molar-refractivity contribution < 1.29 is 9.47 Å². The van der Waals surface area contributed by atoms with Crippen molar-refractivity contribution in [1.29, 1.82) is 0 Å². The van der Waals surface area contributed by atoms with Gasteiger partial charge in [-0.2, -0.15) is 0 Å². The van der Waals surface area contributed by atoms with Gasteiger partial charge in [0.1, 0.15) is 5.75 Å². The fourth-order valence-electron chi connectivity index (χ4n) is 3.42. The van der Waals surface area contributed by atoms with Crippen LogP contribution in [0.15, 0.2) is 57.3 Å². The van der Waals surface area contributed by atoms with Crippen molar-refractivity contribution in [2.45, 2.75) is 25.9 Å². The molecular weight excluding hydrogens is 436 g/mol. The molecular formula is C22H23BrN2O2S. The number of aromatic nitrogens is 1. The Morgan fingerprint density at radius 1 is 1.25 bits per heavy atom. The number of halogens is 1. The van der Waals surface area contributed by atoms with Gasteiger partial charge in [0, 0.05) is 16.5 Å². The Morgan fingerprint density at radius 3 is 2.79 bits per heavy atom. The second-order valence-corrected chi connectivity index (χ2v) is 8.65. The summed E-state index contributed by atoms with van der Waals surface area (Å²) in [6.07, 6.45) is 2.44. The molecule has 0 radical (unpaired) electrons. The minimum atomic E-state index is 0.228. The molecule has 3 aromatic rings. The molecule has 4 nitrogen and oxygen atoms in total. The number of aryl methyl sites for hydroxylation is 1. The summed E-state index contributed by atoms with van der Waals surface area (Å²) >= 11 is 5.18. The first-order valence-electron chi connectivity index (χ1n) is 9.39. The molecule has 28 heavy (non-hydrogen) atoms. The molecule has 0 spiro atoms. The largest absolute Gasteiger partial charge is 0.495 e. The minimum Gasteiger partial charge on any atom is -0.495 e. The predicted octanol–water partition coefficient (Wildman–Crippen LogP) is 5.37. The fraction of sp³-hybridized carbons (Fsp3) is 0.318. The number of methoxy groups -OCH3 is 1. The van der Waals surface area contributed by atoms with Crippen LogP contribution in [0.2, 0.25) is 0 Å². The van der Waals surface area contributed by atoms with Crippen LogP contribution in [-0.2, 0) is 4.74 Å². The Kier molecular flexibility index (Phi) is 5.99. The van der Waals surface area contributed by atoms with Crippen molar-refractivity contribution in [1.82, 2.24) is 4.57 Å². The number of benzene rings is 2. The summed E-state index contributed by atoms with van der Waals surface area (Å²) in [5.74, 6) is 0.834. The molecule has 1 saturated heterocycles. The standard InChI is InChI=1S/C22H23BrN2O2S/c1-15-5-10-21(26-2)19(12-15)25-20(16-6-8-17(23)9-7-16)14-28-22(25)24-13-18-4-3-11-27-18/h5-10,12,14,18H,3-4,11,13H2,1-2H3. The zero-order valence-corrected chi connectivity index (χ0v) is 18.4. The van der Waals surface area contributed by atoms with Crippen LogP contribution < -0.4 is 9.54 Å². The maximum atomic E-state index is 5.76. The minimum absolute atomic E-state index is 0.228. The van der Waals surface area contributed by atoms with Gasteiger partial charge in [0.15, 0.2) is 4.80 Å². The summed E-state index contributed by atoms with van der Waals surface area (Å²) in [5, 5.41) is 2.17. The van der Waals surface area contributed by atoms with Gasteiger partial charge in [-0.05, 0) is 55.2 Å². The highest BCUT2D eigenvalue weighted by Crippen LogP contribution is 2.30. The van der Waals surface area contributed by atoms with Crippen LogP contribution in [0, 0.1) is 6.92 Å². The van der Waals surface area contributed by atoms with E-state index in [1.807, 2.05) is 6.07 Å². The number of thiazole rings is 1. The van der Waals surface area contributed by atoms with Crippen molar-refractivity contribution in [3.05, 3.63) is 62.7 Å². The van der Waals surface area contributed by atoms with Gasteiger partial charge in [0.25, 0.3) is 0 Å². The third-order valence-corrected chi connectivity index (χ3v) is 6.27. The third-order valence-electron chi connectivity index (χ3n) is 4.88. The van der Waals surface area contributed by atoms with Crippen molar-refractivity contribution in [2.24, 2.45) is 4.99 Å². The fourth-order valence-corrected chi connectivity index (χ4v) is 4.59. The molecule has 1 aliphatic rings. The maximum Gasteiger partial charge on any atom is 0.190 e. The van der Waals surface area contributed by atoms with E-state index in [2.05, 4.69) is 69.2 Å². The normalized spacial score (nSPS) is 17.2. The molecule has 1 unspecified atom stereocenters. The van der Waals surface area contributed by atoms with E-state index in [1.165, 1.54) is 5.56 Å². The van der Waals surface area contributed by atoms with Crippen LogP contribution in [-0.4, -0.2) is 30.9 Å². The van der Waals surface area contributed by atoms with Crippen LogP contribution in [0.4, 0.5) is 0 Å². The van der Waals surface area contributed by atoms with Crippen LogP contribution in [0.25, 0.3) is 16.9 Å². The van der Waals surface area contributed by atoms with Crippen LogP contribution in [0.3, 0.4) is 0 Å². The molecule has 6 heteroatoms. The summed E-state index contributed by atoms with van der Waals surface area (Å²) in [6.45, 7) is 3.63. The lowest BCUT2D eigenvalue weighted by molar-refractivity contribution is 0.117. The van der Waals surface area contributed by atoms with E-state index in [0.29, 0.717) is 6.54 Å². The van der Waals surface area contributed by atoms with E-state index in [9.17, 15) is 0 Å². The number of ether oxygens (including phenoxy) is 2. The smallest absolute Gasteiger partial charge is 0.190 e. The highest BCUT2D eigenvalue weighted by Gasteiger charge is 2.17. The highest BCUT2D eigenvalue weighted by molar-refractivity contribution is 9.10. The Bertz CT molecular complexity index is 1020. The first kappa shape index (κ1) is 19.4. The van der Waals surface area contributed by atoms with E-state index in [-0.39, 0.29) is 6.10 Å². The molecule has 0 amide bonds. The lowest BCUT2D eigenvalue weighted by Gasteiger charge is -2.14. The average Bonchev–Trinajstić information content (AvgIpc) is 3.36. The number of hydrogen-bond donors (Lipinski definition) is 0. The number of nitrogens with zero attached hydrogens (tertiary/aromatic N) is 2. The molecule has 146 valence electrons. The third kappa shape index (κ3) is 4.09. The molecule has 1 fully saturated rings. The molecule has 1 aromatic heterocycles. The van der Waals surface area contributed by atoms with E-state index >= 15 is 0 Å². The Balaban J connectivity index is 1.87. The Labute approximate surface area is 177 Å². The molecule has 0 N–H and O–H groups in total. The van der Waals surface area contributed by atoms with Gasteiger partial charge >= 0.3 is 0 Å². The van der Waals surface area contributed by atoms with Crippen molar-refractivity contribution >= 4 is 27.3 Å². The molecule has 0 saturated carbocycles. The molecule has 4 rings (SSSR count). The van der Waals surface area contributed by atoms with Crippen LogP contribution in [0.5, 0.6) is 5.75 Å². The first-order chi connectivity index (χ1) is 13.7. The van der Waals surface area contributed by atoms with Gasteiger partial charge in [0.2, 0.25) is 0 Å². The zero-order chi connectivity index (χ0) is 19.5. The van der Waals surface area contributed by atoms with Gasteiger partial charge in [-0.3, -0.25) is 9.56 Å². The average molecular weight is 459 g/mol. The summed E-state index contributed by atoms with van der Waals surface area (Å²) in [6, 6.07) is 14.6. The lowest BCUT2D eigenvalue weighted by atomic mass is 10.1. The molecule has 0 aliphatic carbocycles. The Morgan fingerprint density at radius 2 is 2.07 bits per heavy atom. The second kappa shape index (κ2) is 8.64. The van der Waals surface area contributed by atoms with E-state index in [0.717, 1.165) is 51.4 Å². The van der Waals surface area contributed by atoms with Gasteiger partial charge in [0.05, 0.1) is 31.1 Å². The SMILES string of the molecule is COc1ccc(C)cc1-n1c(-c2ccc(Br)cc2)csc1=NCC1CCCO1. The Hall–Kier alpha value is -1.89. The van der Waals surface area contributed by atoms with Gasteiger partial charge < -0.3 is 9.47 Å². The number of hydrogen-bond acceptors (Lipinski definition) is 4. The summed E-state index contributed by atoms with van der Waals surface area (Å²) < 4.78 is 14.7. The van der Waals surface area contributed by atoms with E-state index in [1.54, 1.807) is 18.4 Å². The van der Waals surface area contributed by atoms with Gasteiger partial charge in [-0.1, -0.05) is 34.1 Å². The first-order valence-corrected chi connectivity index (χ1v) is 11.1. The second-order valence-electron chi connectivity index (χ2n) is 6.90. The monoisotopic (exact) mass is 458 g/mol. The van der Waals surface area contributed by atoms with Crippen molar-refractivity contribution in [2.75, 3.05) is 20.3 Å². The van der Waals surface area contributed by atoms with Crippen LogP contribution in [0.1, 0.15) is 18.4 Å². The number of rotatable bonds is 5. The lowest BCUT2D eigenvalue weighted by Crippen LogP contribution is -2.19. The molecule has 1 atom stereocenters. The molecule has 2 aromatic carbocycles.